The number of aliphatic imine (C=N–C) groups is 1. The number of hydrogen-bond acceptors (Lipinski definition) is 5. The van der Waals surface area contributed by atoms with Crippen LogP contribution in [0.25, 0.3) is 0 Å². The van der Waals surface area contributed by atoms with Crippen molar-refractivity contribution in [2.75, 3.05) is 86.2 Å². The molecule has 178 valence electrons. The third kappa shape index (κ3) is 8.38. The molecule has 0 saturated carbocycles. The first kappa shape index (κ1) is 26.1. The summed E-state index contributed by atoms with van der Waals surface area (Å²) in [6.07, 6.45) is 4.55. The maximum atomic E-state index is 12.6. The number of amides is 2. The Morgan fingerprint density at radius 2 is 1.74 bits per heavy atom. The minimum Gasteiger partial charge on any atom is -0.381 e. The second-order valence-electron chi connectivity index (χ2n) is 8.74. The van der Waals surface area contributed by atoms with Gasteiger partial charge in [-0.2, -0.15) is 0 Å². The lowest BCUT2D eigenvalue weighted by Crippen LogP contribution is -2.55. The molecule has 9 nitrogen and oxygen atoms in total. The standard InChI is InChI=1S/C21H38N6O3.HI/c1-24(2)19(28)15-23-21(22-14-18-6-13-30-17-18)27-11-9-25(10-12-27)16-20(29)26-7-4-3-5-8-26;/h18H,3-17H2,1-2H3,(H,22,23);1H. The summed E-state index contributed by atoms with van der Waals surface area (Å²) in [5, 5.41) is 3.46. The van der Waals surface area contributed by atoms with Crippen LogP contribution in [0.2, 0.25) is 0 Å². The largest absolute Gasteiger partial charge is 0.381 e. The maximum Gasteiger partial charge on any atom is 0.243 e. The molecule has 3 aliphatic heterocycles. The molecule has 10 heteroatoms. The van der Waals surface area contributed by atoms with E-state index < -0.39 is 0 Å². The highest BCUT2D eigenvalue weighted by atomic mass is 127. The van der Waals surface area contributed by atoms with Crippen molar-refractivity contribution in [3.8, 4) is 0 Å². The van der Waals surface area contributed by atoms with Crippen LogP contribution in [0.3, 0.4) is 0 Å². The van der Waals surface area contributed by atoms with E-state index >= 15 is 0 Å². The van der Waals surface area contributed by atoms with Crippen molar-refractivity contribution in [1.82, 2.24) is 24.9 Å². The fraction of sp³-hybridized carbons (Fsp3) is 0.857. The van der Waals surface area contributed by atoms with E-state index in [9.17, 15) is 9.59 Å². The number of likely N-dealkylation sites (tertiary alicyclic amines) is 1. The Hall–Kier alpha value is -1.14. The van der Waals surface area contributed by atoms with Crippen LogP contribution >= 0.6 is 24.0 Å². The molecule has 2 amide bonds. The molecule has 1 unspecified atom stereocenters. The minimum absolute atomic E-state index is 0. The molecule has 3 fully saturated rings. The van der Waals surface area contributed by atoms with Gasteiger partial charge in [0.15, 0.2) is 5.96 Å². The monoisotopic (exact) mass is 550 g/mol. The molecule has 3 rings (SSSR count). The molecule has 3 saturated heterocycles. The number of nitrogens with one attached hydrogen (secondary N) is 1. The van der Waals surface area contributed by atoms with Gasteiger partial charge in [-0.3, -0.25) is 14.5 Å². The Kier molecular flexibility index (Phi) is 11.3. The van der Waals surface area contributed by atoms with Gasteiger partial charge in [0.25, 0.3) is 0 Å². The van der Waals surface area contributed by atoms with Crippen LogP contribution < -0.4 is 5.32 Å². The van der Waals surface area contributed by atoms with Crippen molar-refractivity contribution < 1.29 is 14.3 Å². The molecule has 31 heavy (non-hydrogen) atoms. The third-order valence-corrected chi connectivity index (χ3v) is 6.18. The van der Waals surface area contributed by atoms with E-state index in [1.54, 1.807) is 19.0 Å². The molecule has 0 aliphatic carbocycles. The van der Waals surface area contributed by atoms with E-state index in [0.717, 1.165) is 84.2 Å². The van der Waals surface area contributed by atoms with E-state index in [4.69, 9.17) is 4.74 Å². The van der Waals surface area contributed by atoms with Crippen LogP contribution in [0.15, 0.2) is 4.99 Å². The van der Waals surface area contributed by atoms with Crippen molar-refractivity contribution in [3.05, 3.63) is 0 Å². The van der Waals surface area contributed by atoms with Gasteiger partial charge in [0, 0.05) is 72.4 Å². The SMILES string of the molecule is CN(C)C(=O)CN=C(NCC1CCOC1)N1CCN(CC(=O)N2CCCCC2)CC1.I. The topological polar surface area (TPSA) is 80.7 Å². The molecule has 0 aromatic carbocycles. The quantitative estimate of drug-likeness (QED) is 0.292. The van der Waals surface area contributed by atoms with Crippen molar-refractivity contribution in [1.29, 1.82) is 0 Å². The van der Waals surface area contributed by atoms with Gasteiger partial charge in [0.1, 0.15) is 6.54 Å². The van der Waals surface area contributed by atoms with E-state index in [0.29, 0.717) is 12.5 Å². The normalized spacial score (nSPS) is 22.8. The average molecular weight is 550 g/mol. The summed E-state index contributed by atoms with van der Waals surface area (Å²) in [5.41, 5.74) is 0. The van der Waals surface area contributed by atoms with E-state index in [1.807, 2.05) is 4.90 Å². The summed E-state index contributed by atoms with van der Waals surface area (Å²) in [6, 6.07) is 0. The molecule has 1 atom stereocenters. The third-order valence-electron chi connectivity index (χ3n) is 6.18. The van der Waals surface area contributed by atoms with Gasteiger partial charge in [-0.05, 0) is 25.7 Å². The van der Waals surface area contributed by atoms with Crippen molar-refractivity contribution in [2.45, 2.75) is 25.7 Å². The lowest BCUT2D eigenvalue weighted by atomic mass is 10.1. The van der Waals surface area contributed by atoms with Crippen molar-refractivity contribution >= 4 is 41.8 Å². The number of halogens is 1. The lowest BCUT2D eigenvalue weighted by Gasteiger charge is -2.37. The number of ether oxygens (including phenoxy) is 1. The highest BCUT2D eigenvalue weighted by Crippen LogP contribution is 2.12. The predicted molar refractivity (Wildman–Crippen MR) is 132 cm³/mol. The Morgan fingerprint density at radius 3 is 2.35 bits per heavy atom. The average Bonchev–Trinajstić information content (AvgIpc) is 3.28. The molecular weight excluding hydrogens is 511 g/mol. The first-order valence-electron chi connectivity index (χ1n) is 11.3. The second-order valence-corrected chi connectivity index (χ2v) is 8.74. The lowest BCUT2D eigenvalue weighted by molar-refractivity contribution is -0.133. The zero-order valence-electron chi connectivity index (χ0n) is 19.1. The highest BCUT2D eigenvalue weighted by molar-refractivity contribution is 14.0. The number of carbonyl (C=O) groups is 2. The Bertz CT molecular complexity index is 598. The summed E-state index contributed by atoms with van der Waals surface area (Å²) in [5.74, 6) is 1.53. The number of piperidine rings is 1. The minimum atomic E-state index is -0.00994. The fourth-order valence-electron chi connectivity index (χ4n) is 4.08. The molecule has 0 bridgehead atoms. The Morgan fingerprint density at radius 1 is 1.03 bits per heavy atom. The Balaban J connectivity index is 0.00000341. The van der Waals surface area contributed by atoms with Crippen molar-refractivity contribution in [3.63, 3.8) is 0 Å². The van der Waals surface area contributed by atoms with Gasteiger partial charge in [0.2, 0.25) is 11.8 Å². The fourth-order valence-corrected chi connectivity index (χ4v) is 4.08. The smallest absolute Gasteiger partial charge is 0.243 e. The number of hydrogen-bond donors (Lipinski definition) is 1. The highest BCUT2D eigenvalue weighted by Gasteiger charge is 2.25. The van der Waals surface area contributed by atoms with E-state index in [-0.39, 0.29) is 42.3 Å². The van der Waals surface area contributed by atoms with Crippen molar-refractivity contribution in [2.24, 2.45) is 10.9 Å². The summed E-state index contributed by atoms with van der Waals surface area (Å²) >= 11 is 0. The predicted octanol–water partition coefficient (Wildman–Crippen LogP) is 0.305. The van der Waals surface area contributed by atoms with E-state index in [2.05, 4.69) is 20.1 Å². The van der Waals surface area contributed by atoms with Crippen LogP contribution in [0, 0.1) is 5.92 Å². The van der Waals surface area contributed by atoms with Crippen LogP contribution in [0.5, 0.6) is 0 Å². The van der Waals surface area contributed by atoms with Gasteiger partial charge in [-0.25, -0.2) is 4.99 Å². The molecule has 0 spiro atoms. The number of piperazine rings is 1. The van der Waals surface area contributed by atoms with Gasteiger partial charge >= 0.3 is 0 Å². The van der Waals surface area contributed by atoms with Crippen LogP contribution in [0.4, 0.5) is 0 Å². The van der Waals surface area contributed by atoms with Gasteiger partial charge in [-0.1, -0.05) is 0 Å². The van der Waals surface area contributed by atoms with Gasteiger partial charge in [-0.15, -0.1) is 24.0 Å². The molecule has 3 heterocycles. The summed E-state index contributed by atoms with van der Waals surface area (Å²) in [7, 11) is 3.50. The Labute approximate surface area is 203 Å². The molecule has 1 N–H and O–H groups in total. The first-order valence-corrected chi connectivity index (χ1v) is 11.3. The van der Waals surface area contributed by atoms with Crippen LogP contribution in [0.1, 0.15) is 25.7 Å². The first-order chi connectivity index (χ1) is 14.5. The zero-order valence-corrected chi connectivity index (χ0v) is 21.4. The summed E-state index contributed by atoms with van der Waals surface area (Å²) < 4.78 is 5.47. The van der Waals surface area contributed by atoms with Crippen LogP contribution in [-0.2, 0) is 14.3 Å². The number of carbonyl (C=O) groups excluding carboxylic acids is 2. The number of nitrogens with zero attached hydrogens (tertiary/aromatic N) is 5. The molecular formula is C21H39IN6O3. The maximum absolute atomic E-state index is 12.6. The number of rotatable bonds is 6. The number of likely N-dealkylation sites (N-methyl/N-ethyl adjacent to an activating group) is 1. The molecule has 0 radical (unpaired) electrons. The summed E-state index contributed by atoms with van der Waals surface area (Å²) in [4.78, 5) is 37.2. The molecule has 3 aliphatic rings. The van der Waals surface area contributed by atoms with E-state index in [1.165, 1.54) is 6.42 Å². The number of guanidine groups is 1. The zero-order chi connectivity index (χ0) is 21.3. The summed E-state index contributed by atoms with van der Waals surface area (Å²) in [6.45, 7) is 8.13. The molecule has 0 aromatic rings. The van der Waals surface area contributed by atoms with Gasteiger partial charge in [0.05, 0.1) is 13.2 Å². The second kappa shape index (κ2) is 13.4. The molecule has 0 aromatic heterocycles. The van der Waals surface area contributed by atoms with Crippen LogP contribution in [-0.4, -0.2) is 124 Å². The van der Waals surface area contributed by atoms with Gasteiger partial charge < -0.3 is 24.8 Å².